The van der Waals surface area contributed by atoms with Crippen LogP contribution in [0.3, 0.4) is 0 Å². The standard InChI is InChI=1S/C14H15FO2/c1-3-4-7-14(2,16)13-9-10-8-11(15)5-6-12(10)17-13/h3,5-6,8-9,16H,1,4,7H2,2H3. The highest BCUT2D eigenvalue weighted by Crippen LogP contribution is 2.31. The first-order valence-electron chi connectivity index (χ1n) is 5.56. The molecule has 90 valence electrons. The zero-order valence-corrected chi connectivity index (χ0v) is 9.74. The summed E-state index contributed by atoms with van der Waals surface area (Å²) in [5, 5.41) is 10.9. The third-order valence-corrected chi connectivity index (χ3v) is 2.84. The van der Waals surface area contributed by atoms with Crippen molar-refractivity contribution in [2.24, 2.45) is 0 Å². The van der Waals surface area contributed by atoms with E-state index in [0.717, 1.165) is 0 Å². The van der Waals surface area contributed by atoms with Gasteiger partial charge < -0.3 is 9.52 Å². The fourth-order valence-electron chi connectivity index (χ4n) is 1.79. The molecule has 3 heteroatoms. The molecular weight excluding hydrogens is 219 g/mol. The van der Waals surface area contributed by atoms with Gasteiger partial charge >= 0.3 is 0 Å². The number of halogens is 1. The van der Waals surface area contributed by atoms with Crippen molar-refractivity contribution in [3.63, 3.8) is 0 Å². The summed E-state index contributed by atoms with van der Waals surface area (Å²) in [5.41, 5.74) is -0.468. The van der Waals surface area contributed by atoms with E-state index in [9.17, 15) is 9.50 Å². The maximum atomic E-state index is 13.0. The molecule has 17 heavy (non-hydrogen) atoms. The molecule has 0 radical (unpaired) electrons. The second-order valence-corrected chi connectivity index (χ2v) is 4.39. The predicted molar refractivity (Wildman–Crippen MR) is 65.2 cm³/mol. The van der Waals surface area contributed by atoms with Gasteiger partial charge in [-0.25, -0.2) is 4.39 Å². The highest BCUT2D eigenvalue weighted by molar-refractivity contribution is 5.78. The number of benzene rings is 1. The van der Waals surface area contributed by atoms with Gasteiger partial charge in [0.1, 0.15) is 22.8 Å². The SMILES string of the molecule is C=CCCC(C)(O)c1cc2cc(F)ccc2o1. The quantitative estimate of drug-likeness (QED) is 0.817. The summed E-state index contributed by atoms with van der Waals surface area (Å²) >= 11 is 0. The monoisotopic (exact) mass is 234 g/mol. The van der Waals surface area contributed by atoms with Gasteiger partial charge in [0, 0.05) is 5.39 Å². The molecule has 2 rings (SSSR count). The lowest BCUT2D eigenvalue weighted by molar-refractivity contribution is 0.0278. The van der Waals surface area contributed by atoms with Gasteiger partial charge in [-0.3, -0.25) is 0 Å². The van der Waals surface area contributed by atoms with Crippen molar-refractivity contribution in [3.05, 3.63) is 48.5 Å². The molecule has 1 aromatic carbocycles. The van der Waals surface area contributed by atoms with E-state index in [-0.39, 0.29) is 5.82 Å². The van der Waals surface area contributed by atoms with Gasteiger partial charge in [0.2, 0.25) is 0 Å². The van der Waals surface area contributed by atoms with Crippen molar-refractivity contribution in [2.45, 2.75) is 25.4 Å². The molecule has 0 aliphatic rings. The Bertz CT molecular complexity index is 540. The molecule has 0 aliphatic carbocycles. The van der Waals surface area contributed by atoms with E-state index in [2.05, 4.69) is 6.58 Å². The molecule has 1 heterocycles. The molecule has 1 unspecified atom stereocenters. The molecule has 0 bridgehead atoms. The summed E-state index contributed by atoms with van der Waals surface area (Å²) in [5.74, 6) is 0.149. The molecule has 1 N–H and O–H groups in total. The minimum Gasteiger partial charge on any atom is -0.458 e. The summed E-state index contributed by atoms with van der Waals surface area (Å²) in [6.07, 6.45) is 2.97. The number of rotatable bonds is 4. The molecule has 0 fully saturated rings. The zero-order valence-electron chi connectivity index (χ0n) is 9.74. The summed E-state index contributed by atoms with van der Waals surface area (Å²) in [6.45, 7) is 5.31. The van der Waals surface area contributed by atoms with Crippen LogP contribution < -0.4 is 0 Å². The van der Waals surface area contributed by atoms with Crippen molar-refractivity contribution in [1.29, 1.82) is 0 Å². The number of fused-ring (bicyclic) bond motifs is 1. The number of hydrogen-bond donors (Lipinski definition) is 1. The average Bonchev–Trinajstić information content (AvgIpc) is 2.70. The molecule has 1 atom stereocenters. The Hall–Kier alpha value is -1.61. The van der Waals surface area contributed by atoms with Crippen LogP contribution in [-0.4, -0.2) is 5.11 Å². The van der Waals surface area contributed by atoms with Crippen molar-refractivity contribution in [1.82, 2.24) is 0 Å². The lowest BCUT2D eigenvalue weighted by Gasteiger charge is -2.19. The Morgan fingerprint density at radius 1 is 1.47 bits per heavy atom. The van der Waals surface area contributed by atoms with Crippen LogP contribution in [0.4, 0.5) is 4.39 Å². The number of aliphatic hydroxyl groups is 1. The van der Waals surface area contributed by atoms with Gasteiger partial charge in [0.15, 0.2) is 0 Å². The number of allylic oxidation sites excluding steroid dienone is 1. The fourth-order valence-corrected chi connectivity index (χ4v) is 1.79. The summed E-state index contributed by atoms with van der Waals surface area (Å²) in [4.78, 5) is 0. The first-order chi connectivity index (χ1) is 8.03. The number of hydrogen-bond acceptors (Lipinski definition) is 2. The molecule has 0 amide bonds. The Balaban J connectivity index is 2.38. The van der Waals surface area contributed by atoms with E-state index < -0.39 is 5.60 Å². The second-order valence-electron chi connectivity index (χ2n) is 4.39. The minimum atomic E-state index is -1.05. The molecule has 0 aliphatic heterocycles. The first kappa shape index (κ1) is 11.9. The number of furan rings is 1. The maximum absolute atomic E-state index is 13.0. The van der Waals surface area contributed by atoms with Crippen molar-refractivity contribution >= 4 is 11.0 Å². The lowest BCUT2D eigenvalue weighted by atomic mass is 9.97. The fraction of sp³-hybridized carbons (Fsp3) is 0.286. The molecule has 2 nitrogen and oxygen atoms in total. The van der Waals surface area contributed by atoms with Crippen LogP contribution in [0.2, 0.25) is 0 Å². The van der Waals surface area contributed by atoms with Crippen molar-refractivity contribution in [2.75, 3.05) is 0 Å². The smallest absolute Gasteiger partial charge is 0.136 e. The van der Waals surface area contributed by atoms with Crippen LogP contribution in [0.25, 0.3) is 11.0 Å². The normalized spacial score (nSPS) is 14.8. The topological polar surface area (TPSA) is 33.4 Å². The Morgan fingerprint density at radius 3 is 2.94 bits per heavy atom. The zero-order chi connectivity index (χ0) is 12.5. The van der Waals surface area contributed by atoms with Crippen LogP contribution >= 0.6 is 0 Å². The Kier molecular flexibility index (Phi) is 3.03. The van der Waals surface area contributed by atoms with Crippen LogP contribution in [0.5, 0.6) is 0 Å². The van der Waals surface area contributed by atoms with Crippen molar-refractivity contribution in [3.8, 4) is 0 Å². The van der Waals surface area contributed by atoms with E-state index in [1.807, 2.05) is 0 Å². The third kappa shape index (κ3) is 2.39. The predicted octanol–water partition coefficient (Wildman–Crippen LogP) is 3.75. The molecule has 0 saturated heterocycles. The van der Waals surface area contributed by atoms with Gasteiger partial charge in [-0.15, -0.1) is 6.58 Å². The molecule has 1 aromatic heterocycles. The Labute approximate surface area is 99.4 Å². The van der Waals surface area contributed by atoms with Crippen LogP contribution in [0, 0.1) is 5.82 Å². The largest absolute Gasteiger partial charge is 0.458 e. The van der Waals surface area contributed by atoms with E-state index in [1.54, 1.807) is 25.1 Å². The van der Waals surface area contributed by atoms with Gasteiger partial charge in [0.05, 0.1) is 0 Å². The highest BCUT2D eigenvalue weighted by atomic mass is 19.1. The van der Waals surface area contributed by atoms with Gasteiger partial charge in [-0.05, 0) is 44.0 Å². The van der Waals surface area contributed by atoms with Gasteiger partial charge in [-0.2, -0.15) is 0 Å². The highest BCUT2D eigenvalue weighted by Gasteiger charge is 2.26. The Morgan fingerprint density at radius 2 is 2.24 bits per heavy atom. The van der Waals surface area contributed by atoms with Crippen LogP contribution in [-0.2, 0) is 5.60 Å². The summed E-state index contributed by atoms with van der Waals surface area (Å²) < 4.78 is 18.6. The third-order valence-electron chi connectivity index (χ3n) is 2.84. The summed E-state index contributed by atoms with van der Waals surface area (Å²) in [7, 11) is 0. The second kappa shape index (κ2) is 4.34. The van der Waals surface area contributed by atoms with Crippen molar-refractivity contribution < 1.29 is 13.9 Å². The van der Waals surface area contributed by atoms with Gasteiger partial charge in [-0.1, -0.05) is 6.08 Å². The minimum absolute atomic E-state index is 0.310. The maximum Gasteiger partial charge on any atom is 0.136 e. The molecule has 0 saturated carbocycles. The average molecular weight is 234 g/mol. The van der Waals surface area contributed by atoms with E-state index >= 15 is 0 Å². The van der Waals surface area contributed by atoms with Gasteiger partial charge in [0.25, 0.3) is 0 Å². The van der Waals surface area contributed by atoms with E-state index in [1.165, 1.54) is 12.1 Å². The first-order valence-corrected chi connectivity index (χ1v) is 5.56. The van der Waals surface area contributed by atoms with E-state index in [4.69, 9.17) is 4.42 Å². The molecule has 0 spiro atoms. The van der Waals surface area contributed by atoms with Crippen LogP contribution in [0.15, 0.2) is 41.3 Å². The lowest BCUT2D eigenvalue weighted by Crippen LogP contribution is -2.19. The summed E-state index contributed by atoms with van der Waals surface area (Å²) in [6, 6.07) is 5.99. The van der Waals surface area contributed by atoms with E-state index in [0.29, 0.717) is 29.6 Å². The van der Waals surface area contributed by atoms with Crippen LogP contribution in [0.1, 0.15) is 25.5 Å². The molecule has 2 aromatic rings. The molecular formula is C14H15FO2.